The zero-order valence-electron chi connectivity index (χ0n) is 30.9. The highest BCUT2D eigenvalue weighted by Gasteiger charge is 2.33. The number of aryl methyl sites for hydroxylation is 2. The van der Waals surface area contributed by atoms with Gasteiger partial charge in [0.05, 0.1) is 11.7 Å². The fourth-order valence-corrected chi connectivity index (χ4v) is 9.49. The van der Waals surface area contributed by atoms with E-state index in [0.717, 1.165) is 54.1 Å². The number of furan rings is 1. The number of hydrogen-bond acceptors (Lipinski definition) is 3. The highest BCUT2D eigenvalue weighted by atomic mass is 32.1. The first kappa shape index (κ1) is 31.9. The quantitative estimate of drug-likeness (QED) is 0.132. The zero-order chi connectivity index (χ0) is 36.1. The molecule has 5 heteroatoms. The Bertz CT molecular complexity index is 3080. The van der Waals surface area contributed by atoms with E-state index >= 15 is 0 Å². The average Bonchev–Trinajstić information content (AvgIpc) is 3.86. The molecule has 0 bridgehead atoms. The van der Waals surface area contributed by atoms with Crippen molar-refractivity contribution in [2.24, 2.45) is 7.05 Å². The first-order valence-corrected chi connectivity index (χ1v) is 19.4. The second-order valence-corrected chi connectivity index (χ2v) is 16.1. The minimum absolute atomic E-state index is 0.347. The van der Waals surface area contributed by atoms with E-state index in [1.807, 2.05) is 0 Å². The summed E-state index contributed by atoms with van der Waals surface area (Å²) in [5, 5.41) is 8.20. The van der Waals surface area contributed by atoms with Crippen molar-refractivity contribution < 1.29 is 8.98 Å². The number of benzene rings is 7. The summed E-state index contributed by atoms with van der Waals surface area (Å²) in [6.07, 6.45) is 0. The maximum absolute atomic E-state index is 7.11. The van der Waals surface area contributed by atoms with Crippen molar-refractivity contribution in [1.82, 2.24) is 9.55 Å². The van der Waals surface area contributed by atoms with Gasteiger partial charge in [0.1, 0.15) is 21.8 Å². The summed E-state index contributed by atoms with van der Waals surface area (Å²) in [5.41, 5.74) is 12.4. The van der Waals surface area contributed by atoms with Gasteiger partial charge in [0.15, 0.2) is 22.2 Å². The average molecular weight is 707 g/mol. The van der Waals surface area contributed by atoms with Gasteiger partial charge in [-0.3, -0.25) is 0 Å². The summed E-state index contributed by atoms with van der Waals surface area (Å²) in [6, 6.07) is 44.2. The summed E-state index contributed by atoms with van der Waals surface area (Å²) < 4.78 is 13.1. The largest absolute Gasteiger partial charge is 0.453 e. The third-order valence-corrected chi connectivity index (χ3v) is 12.2. The van der Waals surface area contributed by atoms with Crippen molar-refractivity contribution >= 4 is 76.1 Å². The van der Waals surface area contributed by atoms with Gasteiger partial charge in [-0.1, -0.05) is 119 Å². The fourth-order valence-electron chi connectivity index (χ4n) is 8.52. The van der Waals surface area contributed by atoms with Gasteiger partial charge in [0.2, 0.25) is 0 Å². The van der Waals surface area contributed by atoms with E-state index in [0.29, 0.717) is 11.8 Å². The van der Waals surface area contributed by atoms with Gasteiger partial charge in [-0.2, -0.15) is 4.57 Å². The molecule has 3 aromatic heterocycles. The molecule has 0 fully saturated rings. The molecule has 3 heterocycles. The van der Waals surface area contributed by atoms with Crippen molar-refractivity contribution in [2.45, 2.75) is 46.5 Å². The van der Waals surface area contributed by atoms with E-state index in [2.05, 4.69) is 172 Å². The van der Waals surface area contributed by atoms with Crippen LogP contribution < -0.4 is 4.57 Å². The first-order chi connectivity index (χ1) is 25.8. The highest BCUT2D eigenvalue weighted by molar-refractivity contribution is 7.21. The summed E-state index contributed by atoms with van der Waals surface area (Å²) in [6.45, 7) is 11.4. The van der Waals surface area contributed by atoms with E-state index in [1.165, 1.54) is 55.0 Å². The smallest absolute Gasteiger partial charge is 0.299 e. The maximum atomic E-state index is 7.11. The van der Waals surface area contributed by atoms with Crippen LogP contribution in [0.25, 0.3) is 92.4 Å². The molecule has 7 aromatic carbocycles. The number of fused-ring (bicyclic) bond motifs is 9. The molecule has 10 aromatic rings. The number of rotatable bonds is 5. The van der Waals surface area contributed by atoms with Gasteiger partial charge < -0.3 is 4.42 Å². The molecule has 258 valence electrons. The minimum Gasteiger partial charge on any atom is -0.453 e. The van der Waals surface area contributed by atoms with Crippen molar-refractivity contribution in [3.05, 3.63) is 138 Å². The molecule has 0 radical (unpaired) electrons. The predicted molar refractivity (Wildman–Crippen MR) is 224 cm³/mol. The Hall–Kier alpha value is -5.78. The summed E-state index contributed by atoms with van der Waals surface area (Å²) in [7, 11) is 2.19. The molecule has 0 atom stereocenters. The lowest BCUT2D eigenvalue weighted by molar-refractivity contribution is -0.633. The Kier molecular flexibility index (Phi) is 7.15. The van der Waals surface area contributed by atoms with Gasteiger partial charge in [-0.05, 0) is 76.2 Å². The Morgan fingerprint density at radius 3 is 2.15 bits per heavy atom. The van der Waals surface area contributed by atoms with Gasteiger partial charge in [0, 0.05) is 27.5 Å². The van der Waals surface area contributed by atoms with Crippen LogP contribution in [0.3, 0.4) is 0 Å². The van der Waals surface area contributed by atoms with Crippen molar-refractivity contribution in [1.29, 1.82) is 0 Å². The number of thiazole rings is 1. The van der Waals surface area contributed by atoms with Gasteiger partial charge in [0.25, 0.3) is 5.82 Å². The number of imidazole rings is 1. The van der Waals surface area contributed by atoms with Crippen molar-refractivity contribution in [3.63, 3.8) is 0 Å². The van der Waals surface area contributed by atoms with E-state index < -0.39 is 0 Å². The third kappa shape index (κ3) is 4.73. The van der Waals surface area contributed by atoms with E-state index in [1.54, 1.807) is 11.3 Å². The predicted octanol–water partition coefficient (Wildman–Crippen LogP) is 13.2. The summed E-state index contributed by atoms with van der Waals surface area (Å²) in [4.78, 5) is 5.29. The molecular formula is C48H40N3OS+. The molecule has 4 nitrogen and oxygen atoms in total. The lowest BCUT2D eigenvalue weighted by Gasteiger charge is -2.18. The topological polar surface area (TPSA) is 34.8 Å². The Morgan fingerprint density at radius 2 is 1.34 bits per heavy atom. The lowest BCUT2D eigenvalue weighted by Crippen LogP contribution is -2.30. The van der Waals surface area contributed by atoms with Crippen molar-refractivity contribution in [3.8, 4) is 27.6 Å². The molecule has 0 spiro atoms. The van der Waals surface area contributed by atoms with E-state index in [9.17, 15) is 0 Å². The van der Waals surface area contributed by atoms with Crippen LogP contribution >= 0.6 is 11.3 Å². The first-order valence-electron chi connectivity index (χ1n) is 18.6. The number of para-hydroxylation sites is 3. The van der Waals surface area contributed by atoms with Crippen LogP contribution in [-0.4, -0.2) is 9.55 Å². The van der Waals surface area contributed by atoms with Gasteiger partial charge in [-0.25, -0.2) is 9.55 Å². The second kappa shape index (κ2) is 11.9. The van der Waals surface area contributed by atoms with Crippen LogP contribution in [0.4, 0.5) is 0 Å². The Balaban J connectivity index is 1.22. The molecule has 10 rings (SSSR count). The summed E-state index contributed by atoms with van der Waals surface area (Å²) >= 11 is 1.73. The van der Waals surface area contributed by atoms with Crippen LogP contribution in [0.5, 0.6) is 0 Å². The molecule has 0 saturated carbocycles. The van der Waals surface area contributed by atoms with E-state index in [-0.39, 0.29) is 0 Å². The SMILES string of the molecule is Cc1ccc2c(oc3c2ccc2sc(-c4ccc5c(ccc6ccccc65)c4)nc23)c1-c1n(-c2c(C(C)C)cccc2C(C)C)c2ccccc2[n+]1C. The molecule has 0 amide bonds. The Morgan fingerprint density at radius 1 is 0.660 bits per heavy atom. The van der Waals surface area contributed by atoms with Crippen LogP contribution in [0.2, 0.25) is 0 Å². The van der Waals surface area contributed by atoms with Crippen LogP contribution in [-0.2, 0) is 7.05 Å². The highest BCUT2D eigenvalue weighted by Crippen LogP contribution is 2.44. The van der Waals surface area contributed by atoms with Crippen molar-refractivity contribution in [2.75, 3.05) is 0 Å². The van der Waals surface area contributed by atoms with Crippen LogP contribution in [0, 0.1) is 6.92 Å². The molecule has 0 saturated heterocycles. The van der Waals surface area contributed by atoms with Gasteiger partial charge >= 0.3 is 0 Å². The third-order valence-electron chi connectivity index (χ3n) is 11.2. The molecular weight excluding hydrogens is 667 g/mol. The Labute approximate surface area is 312 Å². The minimum atomic E-state index is 0.347. The van der Waals surface area contributed by atoms with Gasteiger partial charge in [-0.15, -0.1) is 11.3 Å². The van der Waals surface area contributed by atoms with Crippen LogP contribution in [0.15, 0.2) is 126 Å². The number of aromatic nitrogens is 3. The fraction of sp³-hybridized carbons (Fsp3) is 0.167. The normalized spacial score (nSPS) is 12.3. The van der Waals surface area contributed by atoms with E-state index in [4.69, 9.17) is 9.40 Å². The maximum Gasteiger partial charge on any atom is 0.299 e. The molecule has 0 aliphatic rings. The monoisotopic (exact) mass is 706 g/mol. The number of nitrogens with zero attached hydrogens (tertiary/aromatic N) is 3. The molecule has 0 N–H and O–H groups in total. The summed E-state index contributed by atoms with van der Waals surface area (Å²) in [5.74, 6) is 1.81. The standard InChI is InChI=1S/C48H40N3OS/c1-27(2)33-14-11-15-34(28(3)4)44(33)51-40-17-10-9-16-39(40)50(6)48(51)42-29(5)18-22-37-38-24-25-41-43(46(38)52-45(37)42)49-47(53-41)32-21-23-36-31(26-32)20-19-30-12-7-8-13-35(30)36/h7-28H,1-6H3/q+1. The number of hydrogen-bond donors (Lipinski definition) is 0. The van der Waals surface area contributed by atoms with Crippen LogP contribution in [0.1, 0.15) is 56.2 Å². The molecule has 0 unspecified atom stereocenters. The second-order valence-electron chi connectivity index (χ2n) is 15.1. The molecule has 0 aliphatic heterocycles. The lowest BCUT2D eigenvalue weighted by atomic mass is 9.92. The molecule has 53 heavy (non-hydrogen) atoms. The molecule has 0 aliphatic carbocycles. The zero-order valence-corrected chi connectivity index (χ0v) is 31.7.